The van der Waals surface area contributed by atoms with Crippen LogP contribution >= 0.6 is 11.6 Å². The number of nitrogens with one attached hydrogen (secondary N) is 1. The number of pyridine rings is 1. The number of rotatable bonds is 7. The second kappa shape index (κ2) is 10.2. The summed E-state index contributed by atoms with van der Waals surface area (Å²) >= 11 is 5.99. The van der Waals surface area contributed by atoms with Gasteiger partial charge < -0.3 is 10.4 Å². The van der Waals surface area contributed by atoms with Crippen LogP contribution < -0.4 is 5.32 Å². The highest BCUT2D eigenvalue weighted by Crippen LogP contribution is 2.24. The van der Waals surface area contributed by atoms with Gasteiger partial charge in [0.15, 0.2) is 0 Å². The molecule has 1 fully saturated rings. The van der Waals surface area contributed by atoms with Crippen LogP contribution in [0.1, 0.15) is 30.3 Å². The van der Waals surface area contributed by atoms with Crippen LogP contribution in [0.15, 0.2) is 48.9 Å². The van der Waals surface area contributed by atoms with Gasteiger partial charge in [0, 0.05) is 62.8 Å². The van der Waals surface area contributed by atoms with Gasteiger partial charge in [0.1, 0.15) is 11.6 Å². The number of piperazine rings is 1. The maximum Gasteiger partial charge on any atom is 0.134 e. The van der Waals surface area contributed by atoms with E-state index in [0.717, 1.165) is 68.1 Å². The summed E-state index contributed by atoms with van der Waals surface area (Å²) in [4.78, 5) is 16.2. The third-order valence-corrected chi connectivity index (χ3v) is 6.00. The number of hydrogen-bond donors (Lipinski definition) is 2. The zero-order chi connectivity index (χ0) is 21.6. The van der Waals surface area contributed by atoms with Crippen LogP contribution in [-0.2, 0) is 19.4 Å². The first kappa shape index (κ1) is 21.7. The molecule has 0 unspecified atom stereocenters. The molecule has 2 aromatic heterocycles. The van der Waals surface area contributed by atoms with Crippen molar-refractivity contribution < 1.29 is 5.11 Å². The topological polar surface area (TPSA) is 74.2 Å². The number of hydrogen-bond acceptors (Lipinski definition) is 6. The van der Waals surface area contributed by atoms with E-state index in [4.69, 9.17) is 16.6 Å². The average Bonchev–Trinajstić information content (AvgIpc) is 2.78. The monoisotopic (exact) mass is 437 g/mol. The number of nitrogens with zero attached hydrogens (tertiary/aromatic N) is 4. The highest BCUT2D eigenvalue weighted by atomic mass is 35.5. The lowest BCUT2D eigenvalue weighted by atomic mass is 10.1. The molecule has 3 heterocycles. The molecule has 0 amide bonds. The molecule has 0 spiro atoms. The highest BCUT2D eigenvalue weighted by Gasteiger charge is 2.18. The maximum absolute atomic E-state index is 9.55. The van der Waals surface area contributed by atoms with Crippen LogP contribution in [0.4, 0.5) is 0 Å². The van der Waals surface area contributed by atoms with Gasteiger partial charge in [-0.2, -0.15) is 0 Å². The summed E-state index contributed by atoms with van der Waals surface area (Å²) < 4.78 is 0. The number of halogens is 1. The van der Waals surface area contributed by atoms with E-state index in [1.165, 1.54) is 5.56 Å². The Kier molecular flexibility index (Phi) is 7.12. The number of benzene rings is 1. The largest absolute Gasteiger partial charge is 0.506 e. The predicted octanol–water partition coefficient (Wildman–Crippen LogP) is 3.87. The molecule has 7 heteroatoms. The van der Waals surface area contributed by atoms with Crippen molar-refractivity contribution in [1.82, 2.24) is 25.2 Å². The number of phenolic OH excluding ortho intramolecular Hbond substituents is 1. The smallest absolute Gasteiger partial charge is 0.134 e. The third kappa shape index (κ3) is 5.79. The Hall–Kier alpha value is -2.54. The Labute approximate surface area is 188 Å². The number of aromatic hydroxyl groups is 1. The molecule has 3 aromatic rings. The zero-order valence-corrected chi connectivity index (χ0v) is 18.5. The SMILES string of the molecule is C[C@H]1CNCCN1Cc1cncc(-c2ccnc(CCCc3ccc(O)c(Cl)c3)n2)c1. The molecule has 1 aliphatic rings. The quantitative estimate of drug-likeness (QED) is 0.584. The molecule has 0 radical (unpaired) electrons. The van der Waals surface area contributed by atoms with Crippen molar-refractivity contribution in [2.75, 3.05) is 19.6 Å². The second-order valence-electron chi connectivity index (χ2n) is 8.10. The Bertz CT molecular complexity index is 1030. The van der Waals surface area contributed by atoms with E-state index in [2.05, 4.69) is 33.2 Å². The van der Waals surface area contributed by atoms with Gasteiger partial charge in [-0.15, -0.1) is 0 Å². The molecule has 0 aliphatic carbocycles. The first-order chi connectivity index (χ1) is 15.1. The molecule has 1 saturated heterocycles. The highest BCUT2D eigenvalue weighted by molar-refractivity contribution is 6.32. The lowest BCUT2D eigenvalue weighted by molar-refractivity contribution is 0.165. The summed E-state index contributed by atoms with van der Waals surface area (Å²) in [6.45, 7) is 6.26. The lowest BCUT2D eigenvalue weighted by Crippen LogP contribution is -2.49. The van der Waals surface area contributed by atoms with E-state index >= 15 is 0 Å². The standard InChI is InChI=1S/C24H28ClN5O/c1-17-13-26-9-10-30(17)16-19-11-20(15-27-14-19)22-7-8-28-24(29-22)4-2-3-18-5-6-23(31)21(25)12-18/h5-8,11-12,14-15,17,26,31H,2-4,9-10,13,16H2,1H3/t17-/m0/s1. The van der Waals surface area contributed by atoms with Gasteiger partial charge in [-0.25, -0.2) is 9.97 Å². The van der Waals surface area contributed by atoms with Crippen molar-refractivity contribution >= 4 is 11.6 Å². The number of aryl methyl sites for hydroxylation is 2. The second-order valence-corrected chi connectivity index (χ2v) is 8.51. The summed E-state index contributed by atoms with van der Waals surface area (Å²) in [6.07, 6.45) is 8.17. The normalized spacial score (nSPS) is 17.0. The minimum Gasteiger partial charge on any atom is -0.506 e. The third-order valence-electron chi connectivity index (χ3n) is 5.70. The lowest BCUT2D eigenvalue weighted by Gasteiger charge is -2.33. The minimum absolute atomic E-state index is 0.115. The van der Waals surface area contributed by atoms with Crippen LogP contribution in [0.25, 0.3) is 11.3 Å². The van der Waals surface area contributed by atoms with E-state index in [1.54, 1.807) is 6.07 Å². The van der Waals surface area contributed by atoms with Gasteiger partial charge in [-0.05, 0) is 55.2 Å². The molecule has 1 aromatic carbocycles. The fourth-order valence-electron chi connectivity index (χ4n) is 3.90. The first-order valence-electron chi connectivity index (χ1n) is 10.8. The molecular formula is C24H28ClN5O. The van der Waals surface area contributed by atoms with Crippen molar-refractivity contribution in [2.24, 2.45) is 0 Å². The fraction of sp³-hybridized carbons (Fsp3) is 0.375. The average molecular weight is 438 g/mol. The van der Waals surface area contributed by atoms with Crippen molar-refractivity contribution in [3.05, 3.63) is 70.9 Å². The van der Waals surface area contributed by atoms with Gasteiger partial charge in [-0.3, -0.25) is 9.88 Å². The molecule has 1 aliphatic heterocycles. The van der Waals surface area contributed by atoms with Crippen LogP contribution in [0.5, 0.6) is 5.75 Å². The van der Waals surface area contributed by atoms with Crippen LogP contribution in [0.2, 0.25) is 5.02 Å². The number of phenols is 1. The summed E-state index contributed by atoms with van der Waals surface area (Å²) in [5.74, 6) is 0.937. The summed E-state index contributed by atoms with van der Waals surface area (Å²) in [5.41, 5.74) is 4.23. The number of aromatic nitrogens is 3. The van der Waals surface area contributed by atoms with Crippen molar-refractivity contribution in [1.29, 1.82) is 0 Å². The van der Waals surface area contributed by atoms with Crippen LogP contribution in [-0.4, -0.2) is 50.6 Å². The Balaban J connectivity index is 1.40. The van der Waals surface area contributed by atoms with Gasteiger partial charge in [0.2, 0.25) is 0 Å². The minimum atomic E-state index is 0.115. The zero-order valence-electron chi connectivity index (χ0n) is 17.8. The van der Waals surface area contributed by atoms with Gasteiger partial charge >= 0.3 is 0 Å². The Morgan fingerprint density at radius 2 is 2.06 bits per heavy atom. The van der Waals surface area contributed by atoms with Gasteiger partial charge in [-0.1, -0.05) is 17.7 Å². The molecule has 6 nitrogen and oxygen atoms in total. The molecule has 0 saturated carbocycles. The van der Waals surface area contributed by atoms with E-state index in [9.17, 15) is 5.11 Å². The maximum atomic E-state index is 9.55. The fourth-order valence-corrected chi connectivity index (χ4v) is 4.11. The van der Waals surface area contributed by atoms with Gasteiger partial charge in [0.25, 0.3) is 0 Å². The summed E-state index contributed by atoms with van der Waals surface area (Å²) in [7, 11) is 0. The van der Waals surface area contributed by atoms with E-state index in [-0.39, 0.29) is 5.75 Å². The molecule has 1 atom stereocenters. The predicted molar refractivity (Wildman–Crippen MR) is 123 cm³/mol. The van der Waals surface area contributed by atoms with Crippen molar-refractivity contribution in [3.63, 3.8) is 0 Å². The molecule has 4 rings (SSSR count). The van der Waals surface area contributed by atoms with Gasteiger partial charge in [0.05, 0.1) is 10.7 Å². The van der Waals surface area contributed by atoms with Crippen molar-refractivity contribution in [2.45, 2.75) is 38.8 Å². The molecule has 0 bridgehead atoms. The summed E-state index contributed by atoms with van der Waals surface area (Å²) in [6, 6.07) is 9.99. The van der Waals surface area contributed by atoms with E-state index in [0.29, 0.717) is 11.1 Å². The van der Waals surface area contributed by atoms with Crippen LogP contribution in [0.3, 0.4) is 0 Å². The van der Waals surface area contributed by atoms with E-state index in [1.807, 2.05) is 36.8 Å². The Morgan fingerprint density at radius 1 is 1.16 bits per heavy atom. The van der Waals surface area contributed by atoms with E-state index < -0.39 is 0 Å². The van der Waals surface area contributed by atoms with Crippen LogP contribution in [0, 0.1) is 0 Å². The molecule has 31 heavy (non-hydrogen) atoms. The first-order valence-corrected chi connectivity index (χ1v) is 11.1. The molecule has 162 valence electrons. The molecular weight excluding hydrogens is 410 g/mol. The summed E-state index contributed by atoms with van der Waals surface area (Å²) in [5, 5.41) is 13.4. The van der Waals surface area contributed by atoms with Crippen molar-refractivity contribution in [3.8, 4) is 17.0 Å². The molecule has 2 N–H and O–H groups in total. The Morgan fingerprint density at radius 3 is 2.90 bits per heavy atom.